The van der Waals surface area contributed by atoms with Crippen molar-refractivity contribution in [1.29, 1.82) is 0 Å². The third-order valence-electron chi connectivity index (χ3n) is 3.99. The maximum Gasteiger partial charge on any atom is 0.258 e. The molecule has 0 rings (SSSR count). The summed E-state index contributed by atoms with van der Waals surface area (Å²) in [5, 5.41) is 0. The first-order chi connectivity index (χ1) is 13.9. The number of hydrogen-bond acceptors (Lipinski definition) is 8. The summed E-state index contributed by atoms with van der Waals surface area (Å²) >= 11 is 11.7. The van der Waals surface area contributed by atoms with Crippen molar-refractivity contribution in [2.45, 2.75) is 81.1 Å². The van der Waals surface area contributed by atoms with Gasteiger partial charge in [-0.2, -0.15) is 0 Å². The van der Waals surface area contributed by atoms with E-state index in [4.69, 9.17) is 41.7 Å². The smallest absolute Gasteiger partial charge is 0.258 e. The molecule has 0 spiro atoms. The Hall–Kier alpha value is 1.84. The van der Waals surface area contributed by atoms with E-state index in [1.807, 2.05) is 0 Å². The Morgan fingerprint density at radius 3 is 0.867 bits per heavy atom. The van der Waals surface area contributed by atoms with Crippen LogP contribution in [0.3, 0.4) is 0 Å². The zero-order valence-electron chi connectivity index (χ0n) is 20.1. The highest BCUT2D eigenvalue weighted by atomic mass is 33.5. The van der Waals surface area contributed by atoms with Gasteiger partial charge < -0.3 is 18.1 Å². The highest BCUT2D eigenvalue weighted by Gasteiger charge is 2.29. The molecule has 0 aliphatic carbocycles. The molecule has 0 unspecified atom stereocenters. The van der Waals surface area contributed by atoms with E-state index in [0.717, 1.165) is 25.7 Å². The van der Waals surface area contributed by atoms with Gasteiger partial charge in [-0.25, -0.2) is 0 Å². The summed E-state index contributed by atoms with van der Waals surface area (Å²) in [5.74, 6) is 2.24. The van der Waals surface area contributed by atoms with Crippen molar-refractivity contribution in [1.82, 2.24) is 0 Å². The van der Waals surface area contributed by atoms with Crippen LogP contribution in [0.2, 0.25) is 0 Å². The fourth-order valence-corrected chi connectivity index (χ4v) is 18.3. The van der Waals surface area contributed by atoms with Gasteiger partial charge in [0.2, 0.25) is 0 Å². The average molecular weight is 539 g/mol. The lowest BCUT2D eigenvalue weighted by Crippen LogP contribution is -2.02. The highest BCUT2D eigenvalue weighted by Crippen LogP contribution is 2.77. The molecular weight excluding hydrogens is 494 g/mol. The molecule has 0 atom stereocenters. The molecule has 0 saturated carbocycles. The second-order valence-electron chi connectivity index (χ2n) is 9.11. The molecule has 0 radical (unpaired) electrons. The minimum absolute atomic E-state index is 0.561. The molecule has 0 aliphatic rings. The van der Waals surface area contributed by atoms with E-state index in [-0.39, 0.29) is 0 Å². The van der Waals surface area contributed by atoms with E-state index in [9.17, 15) is 0 Å². The minimum atomic E-state index is -2.52. The Balaban J connectivity index is 5.04. The lowest BCUT2D eigenvalue weighted by molar-refractivity contribution is 0.236. The van der Waals surface area contributed by atoms with Crippen molar-refractivity contribution in [3.63, 3.8) is 0 Å². The van der Waals surface area contributed by atoms with E-state index in [1.165, 1.54) is 20.8 Å². The maximum absolute atomic E-state index is 6.11. The summed E-state index contributed by atoms with van der Waals surface area (Å²) in [6, 6.07) is 0. The van der Waals surface area contributed by atoms with Gasteiger partial charge in [0.15, 0.2) is 0 Å². The Morgan fingerprint density at radius 1 is 0.500 bits per heavy atom. The van der Waals surface area contributed by atoms with E-state index in [1.54, 1.807) is 0 Å². The van der Waals surface area contributed by atoms with Crippen molar-refractivity contribution in [3.8, 4) is 0 Å². The average Bonchev–Trinajstić information content (AvgIpc) is 2.59. The summed E-state index contributed by atoms with van der Waals surface area (Å²) in [6.07, 6.45) is 3.84. The fourth-order valence-electron chi connectivity index (χ4n) is 1.84. The van der Waals surface area contributed by atoms with Crippen molar-refractivity contribution in [2.75, 3.05) is 26.4 Å². The molecule has 0 fully saturated rings. The number of hydrogen-bond donors (Lipinski definition) is 0. The van der Waals surface area contributed by atoms with Gasteiger partial charge in [0, 0.05) is 20.8 Å². The lowest BCUT2D eigenvalue weighted by atomic mass is 10.1. The first-order valence-electron chi connectivity index (χ1n) is 11.0. The maximum atomic E-state index is 6.11. The molecule has 10 heteroatoms. The van der Waals surface area contributed by atoms with Crippen molar-refractivity contribution in [2.24, 2.45) is 23.7 Å². The molecule has 0 aliphatic heterocycles. The predicted molar refractivity (Wildman–Crippen MR) is 145 cm³/mol. The molecule has 0 heterocycles. The second kappa shape index (κ2) is 17.3. The lowest BCUT2D eigenvalue weighted by Gasteiger charge is -2.26. The van der Waals surface area contributed by atoms with E-state index >= 15 is 0 Å². The SMILES string of the molecule is CC(C)CCOP(=S)(OCCC(C)C)SSP(=S)(OCCC(C)C)OCCC(C)C. The summed E-state index contributed by atoms with van der Waals surface area (Å²) in [5.41, 5.74) is -5.03. The van der Waals surface area contributed by atoms with Crippen molar-refractivity contribution < 1.29 is 18.1 Å². The van der Waals surface area contributed by atoms with E-state index in [2.05, 4.69) is 55.4 Å². The normalized spacial score (nSPS) is 13.3. The van der Waals surface area contributed by atoms with E-state index < -0.39 is 11.4 Å². The van der Waals surface area contributed by atoms with Crippen LogP contribution in [0.4, 0.5) is 0 Å². The van der Waals surface area contributed by atoms with Crippen LogP contribution in [0, 0.1) is 23.7 Å². The quantitative estimate of drug-likeness (QED) is 0.119. The van der Waals surface area contributed by atoms with Crippen LogP contribution < -0.4 is 0 Å². The van der Waals surface area contributed by atoms with Crippen LogP contribution in [0.25, 0.3) is 0 Å². The van der Waals surface area contributed by atoms with Gasteiger partial charge in [0.05, 0.1) is 26.4 Å². The molecule has 182 valence electrons. The molecule has 0 bridgehead atoms. The third-order valence-corrected chi connectivity index (χ3v) is 19.2. The van der Waals surface area contributed by atoms with Crippen LogP contribution in [-0.4, -0.2) is 26.4 Å². The van der Waals surface area contributed by atoms with E-state index in [0.29, 0.717) is 50.1 Å². The molecule has 30 heavy (non-hydrogen) atoms. The predicted octanol–water partition coefficient (Wildman–Crippen LogP) is 9.07. The standard InChI is InChI=1S/C20H44O4P2S4/c1-17(2)9-13-21-25(27,22-14-10-18(3)4)29-30-26(28,23-15-11-19(5)6)24-16-12-20(7)8/h17-20H,9-16H2,1-8H3. The van der Waals surface area contributed by atoms with Gasteiger partial charge in [0.1, 0.15) is 0 Å². The molecular formula is C20H44O4P2S4. The summed E-state index contributed by atoms with van der Waals surface area (Å²) in [4.78, 5) is 0. The zero-order valence-corrected chi connectivity index (χ0v) is 25.2. The summed E-state index contributed by atoms with van der Waals surface area (Å²) in [6.45, 7) is 19.9. The Bertz CT molecular complexity index is 449. The van der Waals surface area contributed by atoms with Crippen LogP contribution in [-0.2, 0) is 41.7 Å². The Morgan fingerprint density at radius 2 is 0.700 bits per heavy atom. The molecule has 0 N–H and O–H groups in total. The highest BCUT2D eigenvalue weighted by molar-refractivity contribution is 9.17. The van der Waals surface area contributed by atoms with Gasteiger partial charge in [-0.1, -0.05) is 55.4 Å². The second-order valence-corrected chi connectivity index (χ2v) is 23.0. The first kappa shape index (κ1) is 31.8. The molecule has 0 amide bonds. The molecule has 0 aromatic rings. The largest absolute Gasteiger partial charge is 0.321 e. The summed E-state index contributed by atoms with van der Waals surface area (Å²) < 4.78 is 24.4. The van der Waals surface area contributed by atoms with Crippen LogP contribution in [0.1, 0.15) is 81.1 Å². The minimum Gasteiger partial charge on any atom is -0.321 e. The Labute approximate surface area is 204 Å². The third kappa shape index (κ3) is 18.3. The fraction of sp³-hybridized carbons (Fsp3) is 1.00. The van der Waals surface area contributed by atoms with Gasteiger partial charge in [0.25, 0.3) is 11.4 Å². The van der Waals surface area contributed by atoms with Crippen LogP contribution >= 0.6 is 32.2 Å². The topological polar surface area (TPSA) is 36.9 Å². The summed E-state index contributed by atoms with van der Waals surface area (Å²) in [7, 11) is 2.89. The van der Waals surface area contributed by atoms with Crippen LogP contribution in [0.15, 0.2) is 0 Å². The molecule has 0 aromatic heterocycles. The van der Waals surface area contributed by atoms with Gasteiger partial charge in [-0.05, 0) is 73.0 Å². The monoisotopic (exact) mass is 538 g/mol. The van der Waals surface area contributed by atoms with Gasteiger partial charge >= 0.3 is 0 Å². The van der Waals surface area contributed by atoms with Crippen LogP contribution in [0.5, 0.6) is 0 Å². The molecule has 4 nitrogen and oxygen atoms in total. The van der Waals surface area contributed by atoms with Crippen molar-refractivity contribution >= 4 is 55.8 Å². The number of rotatable bonds is 19. The zero-order chi connectivity index (χ0) is 23.2. The van der Waals surface area contributed by atoms with Gasteiger partial charge in [-0.3, -0.25) is 0 Å². The molecule has 0 aromatic carbocycles. The first-order valence-corrected chi connectivity index (χ1v) is 19.7. The van der Waals surface area contributed by atoms with Gasteiger partial charge in [-0.15, -0.1) is 0 Å². The Kier molecular flexibility index (Phi) is 18.4. The molecule has 0 saturated heterocycles. The van der Waals surface area contributed by atoms with Crippen molar-refractivity contribution in [3.05, 3.63) is 0 Å².